The van der Waals surface area contributed by atoms with Crippen LogP contribution >= 0.6 is 12.2 Å². The van der Waals surface area contributed by atoms with Gasteiger partial charge in [0.15, 0.2) is 5.60 Å². The van der Waals surface area contributed by atoms with Crippen LogP contribution in [0.1, 0.15) is 18.9 Å². The molecule has 13 heteroatoms. The van der Waals surface area contributed by atoms with Gasteiger partial charge in [0, 0.05) is 47.3 Å². The normalized spacial score (nSPS) is 21.4. The topological polar surface area (TPSA) is 77.9 Å². The number of hydrogen-bond acceptors (Lipinski definition) is 6. The molecule has 3 atom stereocenters. The zero-order chi connectivity index (χ0) is 28.6. The van der Waals surface area contributed by atoms with E-state index in [4.69, 9.17) is 12.2 Å². The highest BCUT2D eigenvalue weighted by atomic mass is 32.2. The summed E-state index contributed by atoms with van der Waals surface area (Å²) >= 11 is 5.27. The predicted octanol–water partition coefficient (Wildman–Crippen LogP) is 4.44. The van der Waals surface area contributed by atoms with Gasteiger partial charge in [0.05, 0.1) is 21.7 Å². The molecule has 2 aromatic carbocycles. The lowest BCUT2D eigenvalue weighted by Gasteiger charge is -2.42. The van der Waals surface area contributed by atoms with E-state index < -0.39 is 44.5 Å². The lowest BCUT2D eigenvalue weighted by Crippen LogP contribution is -2.57. The number of benzene rings is 2. The molecule has 1 fully saturated rings. The number of alkyl halides is 3. The molecule has 2 aromatic rings. The molecule has 4 rings (SSSR count). The minimum absolute atomic E-state index is 0.0252. The summed E-state index contributed by atoms with van der Waals surface area (Å²) in [6.07, 6.45) is 0.250. The Morgan fingerprint density at radius 2 is 1.82 bits per heavy atom. The van der Waals surface area contributed by atoms with E-state index >= 15 is 0 Å². The second-order valence-corrected chi connectivity index (χ2v) is 13.3. The Balaban J connectivity index is 1.65. The Hall–Kier alpha value is -2.45. The first-order chi connectivity index (χ1) is 18.2. The average molecular weight is 603 g/mol. The van der Waals surface area contributed by atoms with Gasteiger partial charge in [0.1, 0.15) is 5.82 Å². The van der Waals surface area contributed by atoms with Gasteiger partial charge < -0.3 is 10.0 Å². The molecule has 1 saturated heterocycles. The van der Waals surface area contributed by atoms with E-state index in [1.165, 1.54) is 40.7 Å². The second-order valence-electron chi connectivity index (χ2n) is 9.38. The molecule has 39 heavy (non-hydrogen) atoms. The van der Waals surface area contributed by atoms with Crippen LogP contribution in [0.2, 0.25) is 0 Å². The molecule has 1 heterocycles. The first-order valence-electron chi connectivity index (χ1n) is 11.9. The van der Waals surface area contributed by atoms with Crippen molar-refractivity contribution in [2.45, 2.75) is 36.1 Å². The molecule has 2 aliphatic rings. The number of thiocarbonyl (C=S) groups is 1. The summed E-state index contributed by atoms with van der Waals surface area (Å²) in [6, 6.07) is 9.74. The van der Waals surface area contributed by atoms with Gasteiger partial charge in [-0.25, -0.2) is 12.8 Å². The van der Waals surface area contributed by atoms with Crippen LogP contribution in [0.3, 0.4) is 0 Å². The molecule has 1 N–H and O–H groups in total. The van der Waals surface area contributed by atoms with Crippen LogP contribution in [0.5, 0.6) is 0 Å². The van der Waals surface area contributed by atoms with Crippen molar-refractivity contribution in [1.29, 1.82) is 0 Å². The Morgan fingerprint density at radius 1 is 1.13 bits per heavy atom. The van der Waals surface area contributed by atoms with E-state index in [9.17, 15) is 35.3 Å². The Labute approximate surface area is 232 Å². The minimum atomic E-state index is -4.89. The molecule has 210 valence electrons. The number of hydrogen-bond donors (Lipinski definition) is 1. The molecule has 1 aliphatic carbocycles. The number of piperazine rings is 1. The summed E-state index contributed by atoms with van der Waals surface area (Å²) in [5.74, 6) is -0.635. The van der Waals surface area contributed by atoms with E-state index in [1.54, 1.807) is 17.1 Å². The summed E-state index contributed by atoms with van der Waals surface area (Å²) in [6.45, 7) is 0.789. The summed E-state index contributed by atoms with van der Waals surface area (Å²) in [5, 5.41) is 10.0. The van der Waals surface area contributed by atoms with E-state index in [1.807, 2.05) is 0 Å². The number of nitrogens with zero attached hydrogens (tertiary/aromatic N) is 2. The lowest BCUT2D eigenvalue weighted by molar-refractivity contribution is -0.258. The number of anilines is 1. The van der Waals surface area contributed by atoms with Gasteiger partial charge in [-0.3, -0.25) is 4.21 Å². The highest BCUT2D eigenvalue weighted by Crippen LogP contribution is 2.39. The van der Waals surface area contributed by atoms with Crippen LogP contribution in [0, 0.1) is 5.82 Å². The molecule has 6 nitrogen and oxygen atoms in total. The van der Waals surface area contributed by atoms with E-state index in [0.29, 0.717) is 19.0 Å². The molecular formula is C26H26F4N2O4S3. The molecular weight excluding hydrogens is 576 g/mol. The molecule has 0 amide bonds. The molecule has 0 spiro atoms. The molecule has 0 saturated carbocycles. The van der Waals surface area contributed by atoms with Crippen LogP contribution in [-0.2, 0) is 26.4 Å². The largest absolute Gasteiger partial charge is 0.421 e. The lowest BCUT2D eigenvalue weighted by atomic mass is 9.95. The Kier molecular flexibility index (Phi) is 8.48. The molecule has 0 radical (unpaired) electrons. The van der Waals surface area contributed by atoms with Gasteiger partial charge >= 0.3 is 6.18 Å². The van der Waals surface area contributed by atoms with Crippen LogP contribution in [0.15, 0.2) is 76.6 Å². The summed E-state index contributed by atoms with van der Waals surface area (Å²) in [5.41, 5.74) is -2.95. The monoisotopic (exact) mass is 602 g/mol. The highest BCUT2D eigenvalue weighted by Gasteiger charge is 2.51. The third-order valence-electron chi connectivity index (χ3n) is 6.74. The molecule has 0 bridgehead atoms. The van der Waals surface area contributed by atoms with Crippen molar-refractivity contribution >= 4 is 43.6 Å². The minimum Gasteiger partial charge on any atom is -0.376 e. The van der Waals surface area contributed by atoms with Crippen molar-refractivity contribution in [3.63, 3.8) is 0 Å². The predicted molar refractivity (Wildman–Crippen MR) is 146 cm³/mol. The second kappa shape index (κ2) is 11.2. The van der Waals surface area contributed by atoms with E-state index in [-0.39, 0.29) is 45.6 Å². The van der Waals surface area contributed by atoms with Gasteiger partial charge in [0.25, 0.3) is 0 Å². The zero-order valence-corrected chi connectivity index (χ0v) is 23.2. The zero-order valence-electron chi connectivity index (χ0n) is 20.8. The van der Waals surface area contributed by atoms with Crippen molar-refractivity contribution < 1.29 is 35.3 Å². The summed E-state index contributed by atoms with van der Waals surface area (Å²) in [4.78, 5) is 2.31. The maximum absolute atomic E-state index is 13.8. The van der Waals surface area contributed by atoms with Gasteiger partial charge in [-0.15, -0.1) is 0 Å². The Morgan fingerprint density at radius 3 is 2.44 bits per heavy atom. The van der Waals surface area contributed by atoms with Crippen molar-refractivity contribution in [3.05, 3.63) is 83.0 Å². The maximum Gasteiger partial charge on any atom is 0.421 e. The molecule has 1 aliphatic heterocycles. The number of rotatable bonds is 7. The SMILES string of the molecule is CC(O)(c1ccc(N2CCN(S(=O)(=O)C3=CC=CCC3=S)C[C@@H]2C[S@](=O)c2cccc(F)c2)cc1)C(F)(F)F. The van der Waals surface area contributed by atoms with E-state index in [0.717, 1.165) is 18.2 Å². The van der Waals surface area contributed by atoms with Crippen molar-refractivity contribution in [3.8, 4) is 0 Å². The fraction of sp³-hybridized carbons (Fsp3) is 0.346. The molecule has 0 aromatic heterocycles. The van der Waals surface area contributed by atoms with Gasteiger partial charge in [-0.1, -0.05) is 42.6 Å². The highest BCUT2D eigenvalue weighted by molar-refractivity contribution is 7.96. The third kappa shape index (κ3) is 6.17. The van der Waals surface area contributed by atoms with Gasteiger partial charge in [0.2, 0.25) is 10.0 Å². The van der Waals surface area contributed by atoms with Crippen molar-refractivity contribution in [1.82, 2.24) is 4.31 Å². The average Bonchev–Trinajstić information content (AvgIpc) is 2.88. The number of allylic oxidation sites excluding steroid dienone is 4. The van der Waals surface area contributed by atoms with Crippen molar-refractivity contribution in [2.24, 2.45) is 0 Å². The van der Waals surface area contributed by atoms with Crippen LogP contribution in [-0.4, -0.2) is 64.5 Å². The number of halogens is 4. The summed E-state index contributed by atoms with van der Waals surface area (Å²) in [7, 11) is -5.68. The maximum atomic E-state index is 13.8. The fourth-order valence-corrected chi connectivity index (χ4v) is 7.81. The standard InChI is InChI=1S/C26H26F4N2O4S3/c1-25(33,26(28,29)30)18-9-11-20(12-10-18)32-14-13-31(39(35,36)24-8-3-2-7-23(24)37)16-21(32)17-38(34)22-6-4-5-19(27)15-22/h2-6,8-12,15,21,33H,7,13-14,16-17H2,1H3/t21-,25?,38+/m1/s1. The Bertz CT molecular complexity index is 1440. The van der Waals surface area contributed by atoms with Crippen molar-refractivity contribution in [2.75, 3.05) is 30.3 Å². The fourth-order valence-electron chi connectivity index (χ4n) is 4.44. The van der Waals surface area contributed by atoms with Gasteiger partial charge in [-0.2, -0.15) is 17.5 Å². The van der Waals surface area contributed by atoms with Crippen LogP contribution < -0.4 is 4.90 Å². The first-order valence-corrected chi connectivity index (χ1v) is 15.1. The smallest absolute Gasteiger partial charge is 0.376 e. The quantitative estimate of drug-likeness (QED) is 0.373. The number of aliphatic hydroxyl groups is 1. The van der Waals surface area contributed by atoms with Gasteiger partial charge in [-0.05, 0) is 48.9 Å². The molecule has 1 unspecified atom stereocenters. The summed E-state index contributed by atoms with van der Waals surface area (Å²) < 4.78 is 95.0. The van der Waals surface area contributed by atoms with E-state index in [2.05, 4.69) is 0 Å². The van der Waals surface area contributed by atoms with Crippen LogP contribution in [0.4, 0.5) is 23.2 Å². The first kappa shape index (κ1) is 29.5. The number of sulfonamides is 1. The van der Waals surface area contributed by atoms with Crippen LogP contribution in [0.25, 0.3) is 0 Å². The third-order valence-corrected chi connectivity index (χ3v) is 10.7.